The monoisotopic (exact) mass is 412 g/mol. The van der Waals surface area contributed by atoms with Gasteiger partial charge >= 0.3 is 0 Å². The number of fused-ring (bicyclic) bond motifs is 1. The van der Waals surface area contributed by atoms with Crippen LogP contribution in [0.2, 0.25) is 5.02 Å². The maximum atomic E-state index is 12.8. The zero-order valence-electron chi connectivity index (χ0n) is 17.2. The van der Waals surface area contributed by atoms with Crippen molar-refractivity contribution in [1.82, 2.24) is 4.90 Å². The van der Waals surface area contributed by atoms with E-state index in [2.05, 4.69) is 23.1 Å². The first-order valence-electron chi connectivity index (χ1n) is 10.5. The number of hydrogen-bond donors (Lipinski definition) is 0. The Morgan fingerprint density at radius 3 is 2.66 bits per heavy atom. The molecule has 1 amide bonds. The quantitative estimate of drug-likeness (QED) is 0.727. The van der Waals surface area contributed by atoms with Crippen molar-refractivity contribution >= 4 is 23.2 Å². The highest BCUT2D eigenvalue weighted by atomic mass is 35.5. The number of anilines is 1. The van der Waals surface area contributed by atoms with E-state index >= 15 is 0 Å². The lowest BCUT2D eigenvalue weighted by atomic mass is 9.88. The van der Waals surface area contributed by atoms with Gasteiger partial charge in [-0.3, -0.25) is 4.79 Å². The van der Waals surface area contributed by atoms with Crippen molar-refractivity contribution in [2.24, 2.45) is 11.8 Å². The van der Waals surface area contributed by atoms with Crippen LogP contribution in [0, 0.1) is 11.8 Å². The Bertz CT molecular complexity index is 877. The number of carbonyl (C=O) groups is 1. The van der Waals surface area contributed by atoms with Crippen LogP contribution in [-0.4, -0.2) is 44.6 Å². The smallest absolute Gasteiger partial charge is 0.231 e. The normalized spacial score (nSPS) is 20.6. The first kappa shape index (κ1) is 20.2. The van der Waals surface area contributed by atoms with Crippen molar-refractivity contribution < 1.29 is 9.53 Å². The van der Waals surface area contributed by atoms with Gasteiger partial charge < -0.3 is 14.5 Å². The lowest BCUT2D eigenvalue weighted by Gasteiger charge is -2.37. The number of hydrogen-bond acceptors (Lipinski definition) is 3. The van der Waals surface area contributed by atoms with Crippen LogP contribution in [0.1, 0.15) is 24.0 Å². The van der Waals surface area contributed by atoms with Gasteiger partial charge in [0, 0.05) is 24.3 Å². The molecule has 2 aliphatic heterocycles. The Hall–Kier alpha value is -2.04. The molecule has 2 aliphatic rings. The molecule has 0 spiro atoms. The molecule has 29 heavy (non-hydrogen) atoms. The van der Waals surface area contributed by atoms with Gasteiger partial charge in [0.1, 0.15) is 5.75 Å². The van der Waals surface area contributed by atoms with Gasteiger partial charge in [-0.25, -0.2) is 0 Å². The second kappa shape index (κ2) is 8.76. The lowest BCUT2D eigenvalue weighted by Crippen LogP contribution is -2.46. The number of rotatable bonds is 5. The molecule has 0 N–H and O–H groups in total. The van der Waals surface area contributed by atoms with E-state index in [1.807, 2.05) is 36.2 Å². The van der Waals surface area contributed by atoms with Gasteiger partial charge in [-0.1, -0.05) is 29.8 Å². The van der Waals surface area contributed by atoms with Crippen LogP contribution in [-0.2, 0) is 17.6 Å². The third-order valence-electron chi connectivity index (χ3n) is 6.45. The molecule has 0 saturated carbocycles. The summed E-state index contributed by atoms with van der Waals surface area (Å²) in [5.41, 5.74) is 3.51. The molecule has 4 rings (SSSR count). The highest BCUT2D eigenvalue weighted by Crippen LogP contribution is 2.32. The summed E-state index contributed by atoms with van der Waals surface area (Å²) < 4.78 is 5.34. The van der Waals surface area contributed by atoms with Gasteiger partial charge in [0.25, 0.3) is 0 Å². The molecule has 4 nitrogen and oxygen atoms in total. The fourth-order valence-electron chi connectivity index (χ4n) is 4.73. The Kier molecular flexibility index (Phi) is 6.12. The topological polar surface area (TPSA) is 32.8 Å². The van der Waals surface area contributed by atoms with Crippen molar-refractivity contribution in [3.05, 3.63) is 58.6 Å². The van der Waals surface area contributed by atoms with Crippen molar-refractivity contribution in [2.75, 3.05) is 38.7 Å². The minimum Gasteiger partial charge on any atom is -0.497 e. The van der Waals surface area contributed by atoms with Crippen LogP contribution in [0.4, 0.5) is 5.69 Å². The molecule has 0 bridgehead atoms. The van der Waals surface area contributed by atoms with E-state index in [0.29, 0.717) is 5.92 Å². The Morgan fingerprint density at radius 2 is 1.90 bits per heavy atom. The molecule has 1 saturated heterocycles. The highest BCUT2D eigenvalue weighted by molar-refractivity contribution is 6.31. The minimum atomic E-state index is 0.0549. The molecule has 154 valence electrons. The summed E-state index contributed by atoms with van der Waals surface area (Å²) in [7, 11) is 3.59. The molecule has 5 heteroatoms. The van der Waals surface area contributed by atoms with Crippen LogP contribution in [0.5, 0.6) is 5.75 Å². The van der Waals surface area contributed by atoms with E-state index in [1.54, 1.807) is 7.11 Å². The third-order valence-corrected chi connectivity index (χ3v) is 6.82. The fourth-order valence-corrected chi connectivity index (χ4v) is 4.92. The predicted molar refractivity (Wildman–Crippen MR) is 118 cm³/mol. The summed E-state index contributed by atoms with van der Waals surface area (Å²) in [6.45, 7) is 2.94. The van der Waals surface area contributed by atoms with E-state index in [-0.39, 0.29) is 11.8 Å². The molecule has 1 unspecified atom stereocenters. The molecule has 0 radical (unpaired) electrons. The van der Waals surface area contributed by atoms with Crippen LogP contribution in [0.15, 0.2) is 42.5 Å². The molecule has 0 aromatic heterocycles. The van der Waals surface area contributed by atoms with Crippen LogP contribution < -0.4 is 9.64 Å². The molecule has 2 heterocycles. The number of piperidine rings is 1. The number of amides is 1. The summed E-state index contributed by atoms with van der Waals surface area (Å²) in [6, 6.07) is 14.1. The van der Waals surface area contributed by atoms with Crippen LogP contribution in [0.3, 0.4) is 0 Å². The largest absolute Gasteiger partial charge is 0.497 e. The number of ether oxygens (including phenoxy) is 1. The zero-order chi connectivity index (χ0) is 20.4. The predicted octanol–water partition coefficient (Wildman–Crippen LogP) is 4.44. The van der Waals surface area contributed by atoms with Gasteiger partial charge in [0.15, 0.2) is 0 Å². The molecule has 0 aliphatic carbocycles. The fraction of sp³-hybridized carbons (Fsp3) is 0.458. The summed E-state index contributed by atoms with van der Waals surface area (Å²) in [5, 5.41) is 0.822. The molecular weight excluding hydrogens is 384 g/mol. The van der Waals surface area contributed by atoms with Crippen LogP contribution in [0.25, 0.3) is 0 Å². The van der Waals surface area contributed by atoms with E-state index in [4.69, 9.17) is 16.3 Å². The Morgan fingerprint density at radius 1 is 1.14 bits per heavy atom. The number of benzene rings is 2. The summed E-state index contributed by atoms with van der Waals surface area (Å²) in [4.78, 5) is 17.1. The summed E-state index contributed by atoms with van der Waals surface area (Å²) in [6.07, 6.45) is 4.11. The maximum absolute atomic E-state index is 12.8. The number of halogens is 1. The number of carbonyl (C=O) groups excluding carboxylic acids is 1. The van der Waals surface area contributed by atoms with Gasteiger partial charge in [-0.2, -0.15) is 0 Å². The van der Waals surface area contributed by atoms with Crippen molar-refractivity contribution in [1.29, 1.82) is 0 Å². The second-order valence-corrected chi connectivity index (χ2v) is 8.74. The van der Waals surface area contributed by atoms with E-state index < -0.39 is 0 Å². The second-order valence-electron chi connectivity index (χ2n) is 8.33. The van der Waals surface area contributed by atoms with E-state index in [1.165, 1.54) is 11.1 Å². The Labute approximate surface area is 178 Å². The zero-order valence-corrected chi connectivity index (χ0v) is 18.0. The van der Waals surface area contributed by atoms with Crippen molar-refractivity contribution in [3.8, 4) is 5.75 Å². The van der Waals surface area contributed by atoms with Crippen LogP contribution >= 0.6 is 11.6 Å². The average Bonchev–Trinajstić information content (AvgIpc) is 2.75. The molecular formula is C24H29ClN2O2. The van der Waals surface area contributed by atoms with Gasteiger partial charge in [0.05, 0.1) is 13.0 Å². The summed E-state index contributed by atoms with van der Waals surface area (Å²) in [5.74, 6) is 1.79. The molecule has 2 aromatic rings. The number of para-hydroxylation sites is 1. The average molecular weight is 413 g/mol. The van der Waals surface area contributed by atoms with Crippen molar-refractivity contribution in [3.63, 3.8) is 0 Å². The van der Waals surface area contributed by atoms with Crippen molar-refractivity contribution in [2.45, 2.75) is 25.7 Å². The number of likely N-dealkylation sites (tertiary alicyclic amines) is 1. The molecule has 1 fully saturated rings. The lowest BCUT2D eigenvalue weighted by molar-refractivity contribution is -0.123. The minimum absolute atomic E-state index is 0.0549. The standard InChI is InChI=1S/C24H29ClN2O2/c1-26-23-6-4-3-5-18(23)14-20(24(26)28)16-27-11-9-17(10-12-27)13-19-15-21(29-2)7-8-22(19)25/h3-8,15,17,20H,9-14,16H2,1-2H3. The Balaban J connectivity index is 1.33. The summed E-state index contributed by atoms with van der Waals surface area (Å²) >= 11 is 6.39. The number of nitrogens with zero attached hydrogens (tertiary/aromatic N) is 2. The van der Waals surface area contributed by atoms with E-state index in [9.17, 15) is 4.79 Å². The van der Waals surface area contributed by atoms with Gasteiger partial charge in [-0.15, -0.1) is 0 Å². The van der Waals surface area contributed by atoms with E-state index in [0.717, 1.165) is 61.8 Å². The number of methoxy groups -OCH3 is 1. The molecule has 1 atom stereocenters. The van der Waals surface area contributed by atoms with Gasteiger partial charge in [0.2, 0.25) is 5.91 Å². The maximum Gasteiger partial charge on any atom is 0.231 e. The molecule has 2 aromatic carbocycles. The first-order valence-corrected chi connectivity index (χ1v) is 10.8. The van der Waals surface area contributed by atoms with Gasteiger partial charge in [-0.05, 0) is 80.1 Å². The first-order chi connectivity index (χ1) is 14.0. The SMILES string of the molecule is COc1ccc(Cl)c(CC2CCN(CC3Cc4ccccc4N(C)C3=O)CC2)c1. The highest BCUT2D eigenvalue weighted by Gasteiger charge is 2.32. The third kappa shape index (κ3) is 4.44.